The average molecular weight is 268 g/mol. The molecule has 2 aromatic rings. The minimum absolute atomic E-state index is 0.159. The zero-order valence-electron chi connectivity index (χ0n) is 11.1. The maximum absolute atomic E-state index is 11.8. The maximum atomic E-state index is 11.8. The van der Waals surface area contributed by atoms with Gasteiger partial charge in [-0.2, -0.15) is 0 Å². The smallest absolute Gasteiger partial charge is 0.264 e. The van der Waals surface area contributed by atoms with Gasteiger partial charge >= 0.3 is 0 Å². The summed E-state index contributed by atoms with van der Waals surface area (Å²) in [6.07, 6.45) is 0. The van der Waals surface area contributed by atoms with E-state index in [0.717, 1.165) is 5.56 Å². The van der Waals surface area contributed by atoms with Gasteiger partial charge in [-0.25, -0.2) is 4.98 Å². The lowest BCUT2D eigenvalue weighted by Crippen LogP contribution is -2.20. The molecule has 0 aliphatic carbocycles. The van der Waals surface area contributed by atoms with E-state index < -0.39 is 11.8 Å². The highest BCUT2D eigenvalue weighted by atomic mass is 16.5. The Morgan fingerprint density at radius 2 is 1.75 bits per heavy atom. The van der Waals surface area contributed by atoms with E-state index in [9.17, 15) is 9.59 Å². The summed E-state index contributed by atoms with van der Waals surface area (Å²) in [4.78, 5) is 27.7. The van der Waals surface area contributed by atoms with Crippen LogP contribution in [-0.2, 0) is 0 Å². The quantitative estimate of drug-likeness (QED) is 0.849. The van der Waals surface area contributed by atoms with Crippen molar-refractivity contribution in [1.82, 2.24) is 10.3 Å². The van der Waals surface area contributed by atoms with Gasteiger partial charge in [0, 0.05) is 5.69 Å². The lowest BCUT2D eigenvalue weighted by molar-refractivity contribution is 0.0879. The summed E-state index contributed by atoms with van der Waals surface area (Å²) in [5.74, 6) is -0.154. The van der Waals surface area contributed by atoms with Crippen LogP contribution in [0.2, 0.25) is 0 Å². The van der Waals surface area contributed by atoms with Crippen LogP contribution in [-0.4, -0.2) is 16.8 Å². The molecule has 1 aliphatic heterocycles. The van der Waals surface area contributed by atoms with Crippen molar-refractivity contribution in [3.8, 4) is 11.6 Å². The van der Waals surface area contributed by atoms with Crippen molar-refractivity contribution in [2.45, 2.75) is 13.8 Å². The molecule has 0 radical (unpaired) electrons. The summed E-state index contributed by atoms with van der Waals surface area (Å²) < 4.78 is 5.65. The van der Waals surface area contributed by atoms with Gasteiger partial charge in [0.2, 0.25) is 5.88 Å². The van der Waals surface area contributed by atoms with Crippen molar-refractivity contribution >= 4 is 11.8 Å². The van der Waals surface area contributed by atoms with E-state index in [1.54, 1.807) is 25.1 Å². The molecule has 1 N–H and O–H groups in total. The van der Waals surface area contributed by atoms with Gasteiger partial charge in [0.05, 0.1) is 5.56 Å². The van der Waals surface area contributed by atoms with Crippen molar-refractivity contribution in [2.24, 2.45) is 0 Å². The van der Waals surface area contributed by atoms with Crippen LogP contribution in [0, 0.1) is 13.8 Å². The Balaban J connectivity index is 2.06. The number of pyridine rings is 1. The summed E-state index contributed by atoms with van der Waals surface area (Å²) in [6.45, 7) is 3.72. The van der Waals surface area contributed by atoms with Gasteiger partial charge in [0.25, 0.3) is 11.8 Å². The third-order valence-corrected chi connectivity index (χ3v) is 3.05. The predicted octanol–water partition coefficient (Wildman–Crippen LogP) is 2.37. The molecule has 2 amide bonds. The van der Waals surface area contributed by atoms with Gasteiger partial charge < -0.3 is 4.74 Å². The van der Waals surface area contributed by atoms with E-state index in [4.69, 9.17) is 4.74 Å². The molecule has 5 nitrogen and oxygen atoms in total. The zero-order valence-corrected chi connectivity index (χ0v) is 11.1. The molecule has 1 aromatic heterocycles. The van der Waals surface area contributed by atoms with Crippen molar-refractivity contribution in [3.63, 3.8) is 0 Å². The highest BCUT2D eigenvalue weighted by Crippen LogP contribution is 2.29. The van der Waals surface area contributed by atoms with Crippen molar-refractivity contribution < 1.29 is 14.3 Å². The average Bonchev–Trinajstić information content (AvgIpc) is 2.67. The Morgan fingerprint density at radius 1 is 1.05 bits per heavy atom. The molecule has 1 aliphatic rings. The maximum Gasteiger partial charge on any atom is 0.264 e. The lowest BCUT2D eigenvalue weighted by Gasteiger charge is -2.08. The van der Waals surface area contributed by atoms with Crippen LogP contribution in [0.3, 0.4) is 0 Å². The van der Waals surface area contributed by atoms with Crippen LogP contribution in [0.15, 0.2) is 30.3 Å². The number of hydrogen-bond donors (Lipinski definition) is 1. The molecule has 0 atom stereocenters. The Morgan fingerprint density at radius 3 is 2.45 bits per heavy atom. The summed E-state index contributed by atoms with van der Waals surface area (Å²) in [6, 6.07) is 8.96. The van der Waals surface area contributed by atoms with E-state index in [2.05, 4.69) is 10.3 Å². The number of hydrogen-bond acceptors (Lipinski definition) is 4. The molecule has 20 heavy (non-hydrogen) atoms. The number of benzene rings is 1. The molecule has 0 unspecified atom stereocenters. The fraction of sp³-hybridized carbons (Fsp3) is 0.133. The monoisotopic (exact) mass is 268 g/mol. The Labute approximate surface area is 115 Å². The number of ether oxygens (including phenoxy) is 1. The highest BCUT2D eigenvalue weighted by molar-refractivity contribution is 6.22. The van der Waals surface area contributed by atoms with Gasteiger partial charge in [0.15, 0.2) is 0 Å². The number of carbonyl (C=O) groups excluding carboxylic acids is 2. The molecule has 0 bridgehead atoms. The number of carbonyl (C=O) groups is 2. The molecule has 0 saturated carbocycles. The number of nitrogens with zero attached hydrogens (tertiary/aromatic N) is 1. The Kier molecular flexibility index (Phi) is 2.75. The van der Waals surface area contributed by atoms with E-state index in [1.807, 2.05) is 19.1 Å². The number of imide groups is 1. The van der Waals surface area contributed by atoms with Crippen LogP contribution in [0.1, 0.15) is 32.0 Å². The standard InChI is InChI=1S/C15H12N2O3/c1-8-3-5-10(6-4-8)20-15-12-11(7-9(2)16-15)13(18)17-14(12)19/h3-7H,1-2H3,(H,17,18,19). The van der Waals surface area contributed by atoms with Crippen molar-refractivity contribution in [2.75, 3.05) is 0 Å². The van der Waals surface area contributed by atoms with Crippen LogP contribution in [0.4, 0.5) is 0 Å². The number of fused-ring (bicyclic) bond motifs is 1. The second-order valence-corrected chi connectivity index (χ2v) is 4.69. The number of aromatic nitrogens is 1. The van der Waals surface area contributed by atoms with Gasteiger partial charge in [-0.05, 0) is 32.0 Å². The topological polar surface area (TPSA) is 68.3 Å². The second kappa shape index (κ2) is 4.45. The first-order valence-corrected chi connectivity index (χ1v) is 6.16. The van der Waals surface area contributed by atoms with Gasteiger partial charge in [-0.15, -0.1) is 0 Å². The second-order valence-electron chi connectivity index (χ2n) is 4.69. The Hall–Kier alpha value is -2.69. The summed E-state index contributed by atoms with van der Waals surface area (Å²) >= 11 is 0. The molecule has 0 spiro atoms. The normalized spacial score (nSPS) is 13.1. The number of amides is 2. The molecule has 0 fully saturated rings. The predicted molar refractivity (Wildman–Crippen MR) is 72.0 cm³/mol. The Bertz CT molecular complexity index is 721. The fourth-order valence-electron chi connectivity index (χ4n) is 2.07. The summed E-state index contributed by atoms with van der Waals surface area (Å²) in [5, 5.41) is 2.25. The molecule has 2 heterocycles. The zero-order chi connectivity index (χ0) is 14.3. The highest BCUT2D eigenvalue weighted by Gasteiger charge is 2.32. The first-order chi connectivity index (χ1) is 9.54. The van der Waals surface area contributed by atoms with Crippen LogP contribution >= 0.6 is 0 Å². The molecular formula is C15H12N2O3. The number of aryl methyl sites for hydroxylation is 2. The number of nitrogens with one attached hydrogen (secondary N) is 1. The molecule has 3 rings (SSSR count). The third-order valence-electron chi connectivity index (χ3n) is 3.05. The summed E-state index contributed by atoms with van der Waals surface area (Å²) in [5.41, 5.74) is 2.23. The van der Waals surface area contributed by atoms with Gasteiger partial charge in [0.1, 0.15) is 11.3 Å². The molecule has 100 valence electrons. The third kappa shape index (κ3) is 2.03. The first kappa shape index (κ1) is 12.3. The molecule has 0 saturated heterocycles. The summed E-state index contributed by atoms with van der Waals surface area (Å²) in [7, 11) is 0. The first-order valence-electron chi connectivity index (χ1n) is 6.16. The minimum atomic E-state index is -0.473. The van der Waals surface area contributed by atoms with E-state index in [0.29, 0.717) is 17.0 Å². The number of rotatable bonds is 2. The molecular weight excluding hydrogens is 256 g/mol. The van der Waals surface area contributed by atoms with Crippen LogP contribution in [0.5, 0.6) is 11.6 Å². The fourth-order valence-corrected chi connectivity index (χ4v) is 2.07. The van der Waals surface area contributed by atoms with E-state index in [1.165, 1.54) is 0 Å². The molecule has 1 aromatic carbocycles. The van der Waals surface area contributed by atoms with E-state index >= 15 is 0 Å². The van der Waals surface area contributed by atoms with Crippen molar-refractivity contribution in [3.05, 3.63) is 52.7 Å². The SMILES string of the molecule is Cc1ccc(Oc2nc(C)cc3c2C(=O)NC3=O)cc1. The minimum Gasteiger partial charge on any atom is -0.438 e. The molecule has 5 heteroatoms. The van der Waals surface area contributed by atoms with E-state index in [-0.39, 0.29) is 11.4 Å². The lowest BCUT2D eigenvalue weighted by atomic mass is 10.1. The van der Waals surface area contributed by atoms with Gasteiger partial charge in [-0.3, -0.25) is 14.9 Å². The van der Waals surface area contributed by atoms with Gasteiger partial charge in [-0.1, -0.05) is 17.7 Å². The van der Waals surface area contributed by atoms with Crippen LogP contribution in [0.25, 0.3) is 0 Å². The largest absolute Gasteiger partial charge is 0.438 e. The van der Waals surface area contributed by atoms with Crippen molar-refractivity contribution in [1.29, 1.82) is 0 Å². The van der Waals surface area contributed by atoms with Crippen LogP contribution < -0.4 is 10.1 Å².